The van der Waals surface area contributed by atoms with Crippen LogP contribution in [0.5, 0.6) is 0 Å². The van der Waals surface area contributed by atoms with E-state index in [0.717, 1.165) is 34.7 Å². The summed E-state index contributed by atoms with van der Waals surface area (Å²) in [4.78, 5) is 27.4. The standard InChI is InChI=1S/C26H26N8O/c1-33-25(29-19-7-3-17(4-8-19)21-11-14-28-24(27)30-21)31-23(32-33)18-5-9-20(10-6-18)34-16-26(12-2-13-26)15-22(34)35/h3-11,14H,2,12-13,15-16H2,1H3,(H2,27,28,30)(H,29,31,32). The van der Waals surface area contributed by atoms with Crippen LogP contribution in [-0.4, -0.2) is 37.2 Å². The number of nitrogens with two attached hydrogens (primary N) is 1. The van der Waals surface area contributed by atoms with Crippen LogP contribution < -0.4 is 16.0 Å². The van der Waals surface area contributed by atoms with Crippen LogP contribution in [0.4, 0.5) is 23.3 Å². The number of carbonyl (C=O) groups excluding carboxylic acids is 1. The zero-order chi connectivity index (χ0) is 24.0. The van der Waals surface area contributed by atoms with Crippen molar-refractivity contribution in [2.24, 2.45) is 12.5 Å². The van der Waals surface area contributed by atoms with Crippen molar-refractivity contribution >= 4 is 29.2 Å². The van der Waals surface area contributed by atoms with Gasteiger partial charge in [-0.05, 0) is 60.7 Å². The molecule has 0 bridgehead atoms. The van der Waals surface area contributed by atoms with Crippen LogP contribution in [0.25, 0.3) is 22.6 Å². The number of nitrogens with zero attached hydrogens (tertiary/aromatic N) is 6. The third kappa shape index (κ3) is 3.99. The minimum Gasteiger partial charge on any atom is -0.368 e. The molecule has 35 heavy (non-hydrogen) atoms. The van der Waals surface area contributed by atoms with Crippen LogP contribution in [-0.2, 0) is 11.8 Å². The zero-order valence-electron chi connectivity index (χ0n) is 19.5. The molecule has 6 rings (SSSR count). The van der Waals surface area contributed by atoms with Crippen LogP contribution in [0.15, 0.2) is 60.8 Å². The summed E-state index contributed by atoms with van der Waals surface area (Å²) < 4.78 is 1.71. The average molecular weight is 467 g/mol. The Bertz CT molecular complexity index is 1390. The molecule has 9 heteroatoms. The van der Waals surface area contributed by atoms with Crippen LogP contribution in [0.1, 0.15) is 25.7 Å². The summed E-state index contributed by atoms with van der Waals surface area (Å²) in [6.45, 7) is 0.838. The summed E-state index contributed by atoms with van der Waals surface area (Å²) in [5.74, 6) is 1.73. The molecule has 2 fully saturated rings. The summed E-state index contributed by atoms with van der Waals surface area (Å²) in [5, 5.41) is 7.89. The van der Waals surface area contributed by atoms with Gasteiger partial charge in [0.2, 0.25) is 17.8 Å². The normalized spacial score (nSPS) is 16.5. The van der Waals surface area contributed by atoms with Crippen LogP contribution in [0.3, 0.4) is 0 Å². The first-order chi connectivity index (χ1) is 17.0. The Hall–Kier alpha value is -4.27. The van der Waals surface area contributed by atoms with Gasteiger partial charge in [0.25, 0.3) is 0 Å². The lowest BCUT2D eigenvalue weighted by Crippen LogP contribution is -2.33. The first-order valence-electron chi connectivity index (χ1n) is 11.8. The Morgan fingerprint density at radius 3 is 2.37 bits per heavy atom. The van der Waals surface area contributed by atoms with E-state index in [0.29, 0.717) is 18.2 Å². The van der Waals surface area contributed by atoms with Crippen LogP contribution in [0.2, 0.25) is 0 Å². The van der Waals surface area contributed by atoms with Gasteiger partial charge in [-0.3, -0.25) is 4.79 Å². The first-order valence-corrected chi connectivity index (χ1v) is 11.8. The van der Waals surface area contributed by atoms with E-state index in [-0.39, 0.29) is 17.3 Å². The number of aromatic nitrogens is 5. The third-order valence-corrected chi connectivity index (χ3v) is 7.05. The van der Waals surface area contributed by atoms with Crippen molar-refractivity contribution in [1.29, 1.82) is 0 Å². The van der Waals surface area contributed by atoms with Crippen molar-refractivity contribution in [3.05, 3.63) is 60.8 Å². The maximum atomic E-state index is 12.6. The van der Waals surface area contributed by atoms with Gasteiger partial charge in [0, 0.05) is 48.7 Å². The number of benzene rings is 2. The van der Waals surface area contributed by atoms with Crippen LogP contribution in [0, 0.1) is 5.41 Å². The summed E-state index contributed by atoms with van der Waals surface area (Å²) in [6.07, 6.45) is 5.89. The molecule has 1 saturated carbocycles. The smallest absolute Gasteiger partial charge is 0.227 e. The van der Waals surface area contributed by atoms with Gasteiger partial charge in [-0.2, -0.15) is 4.98 Å². The van der Waals surface area contributed by atoms with E-state index in [1.807, 2.05) is 66.5 Å². The van der Waals surface area contributed by atoms with Gasteiger partial charge in [-0.1, -0.05) is 18.6 Å². The van der Waals surface area contributed by atoms with E-state index in [1.54, 1.807) is 10.9 Å². The number of carbonyl (C=O) groups is 1. The lowest BCUT2D eigenvalue weighted by molar-refractivity contribution is -0.118. The fourth-order valence-electron chi connectivity index (χ4n) is 4.94. The largest absolute Gasteiger partial charge is 0.368 e. The second kappa shape index (κ2) is 8.19. The van der Waals surface area contributed by atoms with Gasteiger partial charge in [-0.15, -0.1) is 5.10 Å². The van der Waals surface area contributed by atoms with Crippen molar-refractivity contribution in [1.82, 2.24) is 24.7 Å². The number of amides is 1. The van der Waals surface area contributed by atoms with Gasteiger partial charge in [0.05, 0.1) is 5.69 Å². The molecule has 1 aliphatic heterocycles. The van der Waals surface area contributed by atoms with Gasteiger partial charge in [0.15, 0.2) is 5.82 Å². The number of hydrogen-bond acceptors (Lipinski definition) is 7. The molecular weight excluding hydrogens is 440 g/mol. The monoisotopic (exact) mass is 466 g/mol. The van der Waals surface area contributed by atoms with E-state index in [1.165, 1.54) is 19.3 Å². The number of anilines is 4. The minimum absolute atomic E-state index is 0.221. The molecular formula is C26H26N8O. The van der Waals surface area contributed by atoms with E-state index in [4.69, 9.17) is 5.73 Å². The number of aryl methyl sites for hydroxylation is 1. The maximum absolute atomic E-state index is 12.6. The zero-order valence-corrected chi connectivity index (χ0v) is 19.5. The van der Waals surface area contributed by atoms with Gasteiger partial charge < -0.3 is 16.0 Å². The molecule has 2 aromatic heterocycles. The predicted molar refractivity (Wildman–Crippen MR) is 135 cm³/mol. The second-order valence-electron chi connectivity index (χ2n) is 9.44. The quantitative estimate of drug-likeness (QED) is 0.453. The molecule has 2 aromatic carbocycles. The molecule has 0 unspecified atom stereocenters. The Kier molecular flexibility index (Phi) is 4.98. The Morgan fingerprint density at radius 2 is 1.71 bits per heavy atom. The third-order valence-electron chi connectivity index (χ3n) is 7.05. The van der Waals surface area contributed by atoms with E-state index in [2.05, 4.69) is 25.4 Å². The molecule has 3 N–H and O–H groups in total. The van der Waals surface area contributed by atoms with Crippen molar-refractivity contribution in [2.75, 3.05) is 22.5 Å². The Labute approximate surface area is 203 Å². The number of rotatable bonds is 5. The summed E-state index contributed by atoms with van der Waals surface area (Å²) in [7, 11) is 1.85. The molecule has 3 heterocycles. The van der Waals surface area contributed by atoms with Crippen molar-refractivity contribution in [2.45, 2.75) is 25.7 Å². The molecule has 1 spiro atoms. The summed E-state index contributed by atoms with van der Waals surface area (Å²) in [5.41, 5.74) is 10.4. The number of nitrogen functional groups attached to an aromatic ring is 1. The van der Waals surface area contributed by atoms with Crippen molar-refractivity contribution < 1.29 is 4.79 Å². The van der Waals surface area contributed by atoms with Gasteiger partial charge in [-0.25, -0.2) is 14.6 Å². The van der Waals surface area contributed by atoms with E-state index < -0.39 is 0 Å². The second-order valence-corrected chi connectivity index (χ2v) is 9.44. The van der Waals surface area contributed by atoms with Crippen molar-refractivity contribution in [3.8, 4) is 22.6 Å². The highest BCUT2D eigenvalue weighted by atomic mass is 16.2. The molecule has 176 valence electrons. The molecule has 1 aliphatic carbocycles. The van der Waals surface area contributed by atoms with E-state index >= 15 is 0 Å². The fraction of sp³-hybridized carbons (Fsp3) is 0.269. The highest BCUT2D eigenvalue weighted by Crippen LogP contribution is 2.49. The summed E-state index contributed by atoms with van der Waals surface area (Å²) >= 11 is 0. The Balaban J connectivity index is 1.16. The highest BCUT2D eigenvalue weighted by Gasteiger charge is 2.47. The van der Waals surface area contributed by atoms with Gasteiger partial charge >= 0.3 is 0 Å². The lowest BCUT2D eigenvalue weighted by Gasteiger charge is -2.37. The van der Waals surface area contributed by atoms with Crippen LogP contribution >= 0.6 is 0 Å². The number of nitrogens with one attached hydrogen (secondary N) is 1. The topological polar surface area (TPSA) is 115 Å². The minimum atomic E-state index is 0.221. The summed E-state index contributed by atoms with van der Waals surface area (Å²) in [6, 6.07) is 17.6. The fourth-order valence-corrected chi connectivity index (χ4v) is 4.94. The molecule has 1 amide bonds. The molecule has 9 nitrogen and oxygen atoms in total. The predicted octanol–water partition coefficient (Wildman–Crippen LogP) is 4.17. The molecule has 0 radical (unpaired) electrons. The lowest BCUT2D eigenvalue weighted by atomic mass is 9.68. The number of hydrogen-bond donors (Lipinski definition) is 2. The molecule has 0 atom stereocenters. The van der Waals surface area contributed by atoms with E-state index in [9.17, 15) is 4.79 Å². The highest BCUT2D eigenvalue weighted by molar-refractivity contribution is 5.96. The van der Waals surface area contributed by atoms with Crippen molar-refractivity contribution in [3.63, 3.8) is 0 Å². The van der Waals surface area contributed by atoms with Gasteiger partial charge in [0.1, 0.15) is 0 Å². The first kappa shape index (κ1) is 21.3. The molecule has 4 aromatic rings. The molecule has 2 aliphatic rings. The maximum Gasteiger partial charge on any atom is 0.227 e. The SMILES string of the molecule is Cn1nc(-c2ccc(N3CC4(CCC4)CC3=O)cc2)nc1Nc1ccc(-c2ccnc(N)n2)cc1. The Morgan fingerprint density at radius 1 is 0.971 bits per heavy atom. The average Bonchev–Trinajstić information content (AvgIpc) is 3.40. The molecule has 1 saturated heterocycles.